The van der Waals surface area contributed by atoms with Gasteiger partial charge in [-0.2, -0.15) is 5.26 Å². The number of nitrogens with zero attached hydrogens (tertiary/aromatic N) is 1. The summed E-state index contributed by atoms with van der Waals surface area (Å²) in [5.41, 5.74) is 0.783. The van der Waals surface area contributed by atoms with Crippen molar-refractivity contribution in [3.8, 4) is 17.6 Å². The van der Waals surface area contributed by atoms with Gasteiger partial charge in [0, 0.05) is 12.6 Å². The Morgan fingerprint density at radius 3 is 2.44 bits per heavy atom. The van der Waals surface area contributed by atoms with Gasteiger partial charge in [0.2, 0.25) is 0 Å². The minimum Gasteiger partial charge on any atom is -0.493 e. The first-order valence-corrected chi connectivity index (χ1v) is 8.34. The summed E-state index contributed by atoms with van der Waals surface area (Å²) < 4.78 is 10.2. The maximum Gasteiger partial charge on any atom is 0.308 e. The number of nitrogens with one attached hydrogen (secondary N) is 1. The molecule has 6 nitrogen and oxygen atoms in total. The van der Waals surface area contributed by atoms with Crippen LogP contribution in [0.1, 0.15) is 12.5 Å². The Morgan fingerprint density at radius 2 is 1.85 bits per heavy atom. The number of hydrogen-bond donors (Lipinski definition) is 1. The van der Waals surface area contributed by atoms with E-state index in [4.69, 9.17) is 32.7 Å². The van der Waals surface area contributed by atoms with Gasteiger partial charge in [-0.15, -0.1) is 0 Å². The average Bonchev–Trinajstić information content (AvgIpc) is 2.63. The molecular formula is C19H14Cl2N2O4. The lowest BCUT2D eigenvalue weighted by Crippen LogP contribution is -2.13. The van der Waals surface area contributed by atoms with Crippen LogP contribution in [0.15, 0.2) is 42.0 Å². The third-order valence-corrected chi connectivity index (χ3v) is 4.03. The highest BCUT2D eigenvalue weighted by Gasteiger charge is 2.12. The van der Waals surface area contributed by atoms with Crippen LogP contribution in [-0.4, -0.2) is 19.0 Å². The number of amides is 1. The van der Waals surface area contributed by atoms with E-state index in [1.165, 1.54) is 38.3 Å². The molecule has 0 bridgehead atoms. The van der Waals surface area contributed by atoms with Crippen molar-refractivity contribution in [1.82, 2.24) is 0 Å². The number of ether oxygens (including phenoxy) is 2. The first kappa shape index (κ1) is 20.3. The summed E-state index contributed by atoms with van der Waals surface area (Å²) in [5, 5.41) is 12.5. The highest BCUT2D eigenvalue weighted by molar-refractivity contribution is 6.42. The summed E-state index contributed by atoms with van der Waals surface area (Å²) in [6, 6.07) is 11.1. The quantitative estimate of drug-likeness (QED) is 0.343. The number of halogens is 2. The van der Waals surface area contributed by atoms with E-state index in [0.717, 1.165) is 0 Å². The molecule has 0 atom stereocenters. The fraction of sp³-hybridized carbons (Fsp3) is 0.105. The lowest BCUT2D eigenvalue weighted by Gasteiger charge is -2.09. The van der Waals surface area contributed by atoms with E-state index in [1.807, 2.05) is 6.07 Å². The maximum absolute atomic E-state index is 12.3. The molecular weight excluding hydrogens is 391 g/mol. The van der Waals surface area contributed by atoms with Crippen LogP contribution in [0.3, 0.4) is 0 Å². The maximum atomic E-state index is 12.3. The highest BCUT2D eigenvalue weighted by atomic mass is 35.5. The van der Waals surface area contributed by atoms with E-state index in [2.05, 4.69) is 5.32 Å². The van der Waals surface area contributed by atoms with E-state index in [-0.39, 0.29) is 16.3 Å². The van der Waals surface area contributed by atoms with Crippen LogP contribution in [0.2, 0.25) is 10.0 Å². The molecule has 2 aromatic rings. The molecule has 0 saturated heterocycles. The molecule has 1 amide bonds. The van der Waals surface area contributed by atoms with Crippen molar-refractivity contribution in [2.45, 2.75) is 6.92 Å². The summed E-state index contributed by atoms with van der Waals surface area (Å²) in [6.45, 7) is 1.27. The molecule has 0 aromatic heterocycles. The fourth-order valence-corrected chi connectivity index (χ4v) is 2.40. The van der Waals surface area contributed by atoms with Gasteiger partial charge in [-0.3, -0.25) is 9.59 Å². The Kier molecular flexibility index (Phi) is 6.83. The minimum atomic E-state index is -0.612. The average molecular weight is 405 g/mol. The van der Waals surface area contributed by atoms with Gasteiger partial charge in [-0.25, -0.2) is 0 Å². The van der Waals surface area contributed by atoms with Gasteiger partial charge in [-0.1, -0.05) is 29.3 Å². The predicted molar refractivity (Wildman–Crippen MR) is 103 cm³/mol. The van der Waals surface area contributed by atoms with Crippen molar-refractivity contribution in [3.05, 3.63) is 57.6 Å². The van der Waals surface area contributed by atoms with Crippen LogP contribution in [-0.2, 0) is 9.59 Å². The molecule has 0 aliphatic rings. The number of benzene rings is 2. The van der Waals surface area contributed by atoms with Gasteiger partial charge in [0.15, 0.2) is 11.5 Å². The SMILES string of the molecule is COc1cc(/C=C(/C#N)C(=O)Nc2ccc(Cl)c(Cl)c2)ccc1OC(C)=O. The summed E-state index contributed by atoms with van der Waals surface area (Å²) >= 11 is 11.7. The Bertz CT molecular complexity index is 965. The fourth-order valence-electron chi connectivity index (χ4n) is 2.10. The van der Waals surface area contributed by atoms with Gasteiger partial charge >= 0.3 is 5.97 Å². The van der Waals surface area contributed by atoms with E-state index in [9.17, 15) is 14.9 Å². The van der Waals surface area contributed by atoms with Crippen molar-refractivity contribution in [2.75, 3.05) is 12.4 Å². The molecule has 0 aliphatic heterocycles. The molecule has 27 heavy (non-hydrogen) atoms. The van der Waals surface area contributed by atoms with Crippen molar-refractivity contribution in [1.29, 1.82) is 5.26 Å². The van der Waals surface area contributed by atoms with E-state index >= 15 is 0 Å². The zero-order chi connectivity index (χ0) is 20.0. The number of rotatable bonds is 5. The summed E-state index contributed by atoms with van der Waals surface area (Å²) in [4.78, 5) is 23.4. The molecule has 8 heteroatoms. The smallest absolute Gasteiger partial charge is 0.308 e. The lowest BCUT2D eigenvalue weighted by molar-refractivity contribution is -0.132. The zero-order valence-electron chi connectivity index (χ0n) is 14.4. The van der Waals surface area contributed by atoms with Gasteiger partial charge in [-0.05, 0) is 42.0 Å². The van der Waals surface area contributed by atoms with Gasteiger partial charge in [0.25, 0.3) is 5.91 Å². The number of esters is 1. The molecule has 2 rings (SSSR count). The van der Waals surface area contributed by atoms with Crippen molar-refractivity contribution in [2.24, 2.45) is 0 Å². The molecule has 0 aliphatic carbocycles. The minimum absolute atomic E-state index is 0.136. The molecule has 0 saturated carbocycles. The number of anilines is 1. The normalized spacial score (nSPS) is 10.7. The highest BCUT2D eigenvalue weighted by Crippen LogP contribution is 2.29. The first-order valence-electron chi connectivity index (χ1n) is 7.58. The molecule has 1 N–H and O–H groups in total. The van der Waals surface area contributed by atoms with Gasteiger partial charge in [0.1, 0.15) is 11.6 Å². The topological polar surface area (TPSA) is 88.4 Å². The van der Waals surface area contributed by atoms with Crippen molar-refractivity contribution < 1.29 is 19.1 Å². The van der Waals surface area contributed by atoms with Gasteiger partial charge < -0.3 is 14.8 Å². The summed E-state index contributed by atoms with van der Waals surface area (Å²) in [7, 11) is 1.41. The largest absolute Gasteiger partial charge is 0.493 e. The van der Waals surface area contributed by atoms with Crippen LogP contribution < -0.4 is 14.8 Å². The summed E-state index contributed by atoms with van der Waals surface area (Å²) in [6.07, 6.45) is 1.38. The monoisotopic (exact) mass is 404 g/mol. The molecule has 2 aromatic carbocycles. The van der Waals surface area contributed by atoms with Crippen molar-refractivity contribution in [3.63, 3.8) is 0 Å². The predicted octanol–water partition coefficient (Wildman–Crippen LogP) is 4.47. The van der Waals surface area contributed by atoms with Crippen LogP contribution in [0, 0.1) is 11.3 Å². The molecule has 0 radical (unpaired) electrons. The van der Waals surface area contributed by atoms with Crippen LogP contribution in [0.25, 0.3) is 6.08 Å². The second kappa shape index (κ2) is 9.08. The third-order valence-electron chi connectivity index (χ3n) is 3.29. The van der Waals surface area contributed by atoms with E-state index in [0.29, 0.717) is 22.0 Å². The Labute approximate surface area is 165 Å². The van der Waals surface area contributed by atoms with Crippen LogP contribution in [0.5, 0.6) is 11.5 Å². The standard InChI is InChI=1S/C19H14Cl2N2O4/c1-11(24)27-17-6-3-12(8-18(17)26-2)7-13(10-22)19(25)23-14-4-5-15(20)16(21)9-14/h3-9H,1-2H3,(H,23,25)/b13-7-. The molecule has 0 unspecified atom stereocenters. The van der Waals surface area contributed by atoms with Crippen LogP contribution in [0.4, 0.5) is 5.69 Å². The van der Waals surface area contributed by atoms with Crippen molar-refractivity contribution >= 4 is 46.8 Å². The Morgan fingerprint density at radius 1 is 1.11 bits per heavy atom. The van der Waals surface area contributed by atoms with Gasteiger partial charge in [0.05, 0.1) is 17.2 Å². The molecule has 0 heterocycles. The van der Waals surface area contributed by atoms with Crippen LogP contribution >= 0.6 is 23.2 Å². The number of hydrogen-bond acceptors (Lipinski definition) is 5. The lowest BCUT2D eigenvalue weighted by atomic mass is 10.1. The number of nitriles is 1. The zero-order valence-corrected chi connectivity index (χ0v) is 15.9. The third kappa shape index (κ3) is 5.48. The second-order valence-electron chi connectivity index (χ2n) is 5.26. The Balaban J connectivity index is 2.26. The van der Waals surface area contributed by atoms with E-state index in [1.54, 1.807) is 18.2 Å². The number of carbonyl (C=O) groups excluding carboxylic acids is 2. The summed E-state index contributed by atoms with van der Waals surface area (Å²) in [5.74, 6) is -0.573. The molecule has 0 spiro atoms. The van der Waals surface area contributed by atoms with E-state index < -0.39 is 11.9 Å². The first-order chi connectivity index (χ1) is 12.8. The Hall–Kier alpha value is -3.01. The second-order valence-corrected chi connectivity index (χ2v) is 6.07. The number of carbonyl (C=O) groups is 2. The molecule has 0 fully saturated rings. The molecule has 138 valence electrons. The number of methoxy groups -OCH3 is 1.